The van der Waals surface area contributed by atoms with Crippen molar-refractivity contribution in [3.05, 3.63) is 52.5 Å². The summed E-state index contributed by atoms with van der Waals surface area (Å²) < 4.78 is 32.2. The number of carbonyl (C=O) groups is 1. The summed E-state index contributed by atoms with van der Waals surface area (Å²) in [5, 5.41) is 12.5. The van der Waals surface area contributed by atoms with Crippen LogP contribution >= 0.6 is 11.6 Å². The number of benzene rings is 2. The summed E-state index contributed by atoms with van der Waals surface area (Å²) in [5.74, 6) is -0.622. The third kappa shape index (κ3) is 4.24. The predicted molar refractivity (Wildman–Crippen MR) is 102 cm³/mol. The Labute approximate surface area is 162 Å². The number of halogens is 1. The molecule has 9 heteroatoms. The van der Waals surface area contributed by atoms with E-state index in [2.05, 4.69) is 5.32 Å². The van der Waals surface area contributed by atoms with Crippen LogP contribution < -0.4 is 5.32 Å². The number of carbonyl (C=O) groups excluding carboxylic acids is 1. The molecule has 27 heavy (non-hydrogen) atoms. The molecule has 1 aliphatic rings. The lowest BCUT2D eigenvalue weighted by Gasteiger charge is -2.26. The van der Waals surface area contributed by atoms with Gasteiger partial charge < -0.3 is 15.2 Å². The molecule has 1 aliphatic heterocycles. The molecule has 0 unspecified atom stereocenters. The van der Waals surface area contributed by atoms with E-state index in [4.69, 9.17) is 16.3 Å². The quantitative estimate of drug-likeness (QED) is 0.755. The van der Waals surface area contributed by atoms with E-state index in [9.17, 15) is 18.3 Å². The van der Waals surface area contributed by atoms with Crippen molar-refractivity contribution in [2.24, 2.45) is 0 Å². The van der Waals surface area contributed by atoms with E-state index in [-0.39, 0.29) is 40.0 Å². The summed E-state index contributed by atoms with van der Waals surface area (Å²) in [5.41, 5.74) is 1.19. The number of anilines is 1. The van der Waals surface area contributed by atoms with E-state index < -0.39 is 15.9 Å². The molecule has 1 fully saturated rings. The first-order valence-corrected chi connectivity index (χ1v) is 10.1. The van der Waals surface area contributed by atoms with E-state index in [0.717, 1.165) is 5.56 Å². The number of ether oxygens (including phenoxy) is 1. The first-order chi connectivity index (χ1) is 12.8. The van der Waals surface area contributed by atoms with Gasteiger partial charge in [0.05, 0.1) is 23.9 Å². The Morgan fingerprint density at radius 1 is 1.19 bits per heavy atom. The van der Waals surface area contributed by atoms with Gasteiger partial charge in [0.25, 0.3) is 5.91 Å². The number of rotatable bonds is 4. The molecule has 1 saturated heterocycles. The van der Waals surface area contributed by atoms with Crippen molar-refractivity contribution in [2.45, 2.75) is 11.8 Å². The molecular weight excluding hydrogens is 392 g/mol. The zero-order valence-corrected chi connectivity index (χ0v) is 16.2. The molecule has 0 spiro atoms. The third-order valence-corrected chi connectivity index (χ3v) is 6.56. The number of hydrogen-bond acceptors (Lipinski definition) is 5. The minimum Gasteiger partial charge on any atom is -0.506 e. The van der Waals surface area contributed by atoms with Crippen LogP contribution in [-0.4, -0.2) is 50.0 Å². The van der Waals surface area contributed by atoms with Crippen molar-refractivity contribution in [1.29, 1.82) is 0 Å². The van der Waals surface area contributed by atoms with Crippen LogP contribution in [-0.2, 0) is 14.8 Å². The van der Waals surface area contributed by atoms with Gasteiger partial charge in [-0.1, -0.05) is 17.7 Å². The van der Waals surface area contributed by atoms with E-state index in [1.165, 1.54) is 28.6 Å². The lowest BCUT2D eigenvalue weighted by molar-refractivity contribution is 0.0730. The first kappa shape index (κ1) is 19.6. The van der Waals surface area contributed by atoms with Crippen molar-refractivity contribution >= 4 is 33.2 Å². The van der Waals surface area contributed by atoms with Gasteiger partial charge in [-0.15, -0.1) is 0 Å². The number of aromatic hydroxyl groups is 1. The maximum Gasteiger partial charge on any atom is 0.255 e. The minimum atomic E-state index is -3.84. The molecule has 2 N–H and O–H groups in total. The van der Waals surface area contributed by atoms with Gasteiger partial charge in [0, 0.05) is 18.7 Å². The van der Waals surface area contributed by atoms with Crippen LogP contribution in [0.25, 0.3) is 0 Å². The number of nitrogens with one attached hydrogen (secondary N) is 1. The third-order valence-electron chi connectivity index (χ3n) is 4.18. The van der Waals surface area contributed by atoms with Crippen molar-refractivity contribution in [3.8, 4) is 5.75 Å². The number of hydrogen-bond donors (Lipinski definition) is 2. The van der Waals surface area contributed by atoms with Gasteiger partial charge >= 0.3 is 0 Å². The number of amides is 1. The summed E-state index contributed by atoms with van der Waals surface area (Å²) in [6, 6.07) is 8.88. The van der Waals surface area contributed by atoms with Crippen LogP contribution in [0.5, 0.6) is 5.75 Å². The Bertz CT molecular complexity index is 972. The highest BCUT2D eigenvalue weighted by Gasteiger charge is 2.29. The maximum absolute atomic E-state index is 12.8. The van der Waals surface area contributed by atoms with Gasteiger partial charge in [0.1, 0.15) is 10.6 Å². The Balaban J connectivity index is 1.89. The zero-order chi connectivity index (χ0) is 19.6. The first-order valence-electron chi connectivity index (χ1n) is 8.27. The molecule has 144 valence electrons. The van der Waals surface area contributed by atoms with Crippen LogP contribution in [0.1, 0.15) is 15.9 Å². The number of phenolic OH excluding ortho intramolecular Hbond substituents is 1. The standard InChI is InChI=1S/C18H19ClN2O5S/c1-12-2-5-15(16(22)10-12)20-18(23)13-3-4-14(19)17(11-13)27(24,25)21-6-8-26-9-7-21/h2-5,10-11,22H,6-9H2,1H3,(H,20,23). The number of sulfonamides is 1. The molecule has 2 aromatic rings. The molecule has 0 aromatic heterocycles. The van der Waals surface area contributed by atoms with E-state index in [1.807, 2.05) is 6.92 Å². The van der Waals surface area contributed by atoms with Crippen LogP contribution in [0, 0.1) is 6.92 Å². The van der Waals surface area contributed by atoms with Crippen molar-refractivity contribution < 1.29 is 23.1 Å². The van der Waals surface area contributed by atoms with E-state index in [0.29, 0.717) is 13.2 Å². The van der Waals surface area contributed by atoms with Crippen molar-refractivity contribution in [3.63, 3.8) is 0 Å². The summed E-state index contributed by atoms with van der Waals surface area (Å²) >= 11 is 6.10. The van der Waals surface area contributed by atoms with E-state index >= 15 is 0 Å². The average molecular weight is 411 g/mol. The number of aryl methyl sites for hydroxylation is 1. The average Bonchev–Trinajstić information content (AvgIpc) is 2.65. The van der Waals surface area contributed by atoms with Crippen LogP contribution in [0.4, 0.5) is 5.69 Å². The normalized spacial score (nSPS) is 15.5. The summed E-state index contributed by atoms with van der Waals surface area (Å²) in [4.78, 5) is 12.4. The lowest BCUT2D eigenvalue weighted by Crippen LogP contribution is -2.40. The SMILES string of the molecule is Cc1ccc(NC(=O)c2ccc(Cl)c(S(=O)(=O)N3CCOCC3)c2)c(O)c1. The minimum absolute atomic E-state index is 0.0382. The molecule has 0 atom stereocenters. The summed E-state index contributed by atoms with van der Waals surface area (Å²) in [7, 11) is -3.84. The number of nitrogens with zero attached hydrogens (tertiary/aromatic N) is 1. The van der Waals surface area contributed by atoms with Gasteiger partial charge in [-0.3, -0.25) is 4.79 Å². The molecule has 1 heterocycles. The molecule has 7 nitrogen and oxygen atoms in total. The summed E-state index contributed by atoms with van der Waals surface area (Å²) in [6.07, 6.45) is 0. The predicted octanol–water partition coefficient (Wildman–Crippen LogP) is 2.63. The van der Waals surface area contributed by atoms with Crippen LogP contribution in [0.15, 0.2) is 41.3 Å². The Hall–Kier alpha value is -2.13. The Kier molecular flexibility index (Phi) is 5.71. The second kappa shape index (κ2) is 7.85. The van der Waals surface area contributed by atoms with Gasteiger partial charge in [-0.25, -0.2) is 8.42 Å². The molecule has 1 amide bonds. The molecule has 0 saturated carbocycles. The second-order valence-electron chi connectivity index (χ2n) is 6.14. The van der Waals surface area contributed by atoms with Gasteiger partial charge in [-0.2, -0.15) is 4.31 Å². The second-order valence-corrected chi connectivity index (χ2v) is 8.45. The topological polar surface area (TPSA) is 95.9 Å². The molecule has 2 aromatic carbocycles. The number of morpholine rings is 1. The highest BCUT2D eigenvalue weighted by atomic mass is 35.5. The summed E-state index contributed by atoms with van der Waals surface area (Å²) in [6.45, 7) is 2.89. The van der Waals surface area contributed by atoms with Crippen molar-refractivity contribution in [2.75, 3.05) is 31.6 Å². The largest absolute Gasteiger partial charge is 0.506 e. The zero-order valence-electron chi connectivity index (χ0n) is 14.6. The van der Waals surface area contributed by atoms with Gasteiger partial charge in [-0.05, 0) is 42.8 Å². The monoisotopic (exact) mass is 410 g/mol. The van der Waals surface area contributed by atoms with Gasteiger partial charge in [0.2, 0.25) is 10.0 Å². The smallest absolute Gasteiger partial charge is 0.255 e. The number of phenols is 1. The fourth-order valence-corrected chi connectivity index (χ4v) is 4.62. The molecular formula is C18H19ClN2O5S. The fraction of sp³-hybridized carbons (Fsp3) is 0.278. The van der Waals surface area contributed by atoms with Crippen LogP contribution in [0.2, 0.25) is 5.02 Å². The Morgan fingerprint density at radius 2 is 1.89 bits per heavy atom. The molecule has 0 aliphatic carbocycles. The fourth-order valence-electron chi connectivity index (χ4n) is 2.71. The highest BCUT2D eigenvalue weighted by molar-refractivity contribution is 7.89. The molecule has 3 rings (SSSR count). The van der Waals surface area contributed by atoms with Gasteiger partial charge in [0.15, 0.2) is 0 Å². The lowest BCUT2D eigenvalue weighted by atomic mass is 10.2. The van der Waals surface area contributed by atoms with E-state index in [1.54, 1.807) is 12.1 Å². The maximum atomic E-state index is 12.8. The van der Waals surface area contributed by atoms with Crippen molar-refractivity contribution in [1.82, 2.24) is 4.31 Å². The molecule has 0 radical (unpaired) electrons. The highest BCUT2D eigenvalue weighted by Crippen LogP contribution is 2.28. The molecule has 0 bridgehead atoms. The van der Waals surface area contributed by atoms with Crippen LogP contribution in [0.3, 0.4) is 0 Å². The Morgan fingerprint density at radius 3 is 2.56 bits per heavy atom.